The number of carbonyl (C=O) groups is 1. The molecule has 0 unspecified atom stereocenters. The van der Waals surface area contributed by atoms with Crippen LogP contribution in [0.2, 0.25) is 5.02 Å². The zero-order valence-corrected chi connectivity index (χ0v) is 21.8. The van der Waals surface area contributed by atoms with E-state index in [0.29, 0.717) is 10.9 Å². The predicted octanol–water partition coefficient (Wildman–Crippen LogP) is 6.26. The zero-order valence-electron chi connectivity index (χ0n) is 19.4. The Labute approximate surface area is 221 Å². The maximum atomic E-state index is 13.2. The first-order valence-electron chi connectivity index (χ1n) is 12.0. The molecule has 3 aromatic heterocycles. The van der Waals surface area contributed by atoms with Crippen molar-refractivity contribution >= 4 is 55.8 Å². The van der Waals surface area contributed by atoms with Gasteiger partial charge in [-0.15, -0.1) is 0 Å². The highest BCUT2D eigenvalue weighted by Crippen LogP contribution is 2.31. The Kier molecular flexibility index (Phi) is 6.15. The molecular weight excluding hydrogens is 540 g/mol. The minimum atomic E-state index is 0.0977. The number of nitrogens with one attached hydrogen (secondary N) is 2. The van der Waals surface area contributed by atoms with Gasteiger partial charge in [0.2, 0.25) is 0 Å². The lowest BCUT2D eigenvalue weighted by Crippen LogP contribution is -2.39. The van der Waals surface area contributed by atoms with Crippen molar-refractivity contribution in [2.24, 2.45) is 5.92 Å². The zero-order chi connectivity index (χ0) is 24.6. The number of H-pyrrole nitrogens is 1. The fraction of sp³-hybridized carbons (Fsp3) is 0.222. The maximum Gasteiger partial charge on any atom is 0.256 e. The summed E-state index contributed by atoms with van der Waals surface area (Å²) < 4.78 is 2.63. The molecule has 6 rings (SSSR count). The van der Waals surface area contributed by atoms with Crippen LogP contribution in [0.15, 0.2) is 71.5 Å². The third-order valence-corrected chi connectivity index (χ3v) is 7.76. The van der Waals surface area contributed by atoms with Gasteiger partial charge in [-0.3, -0.25) is 4.79 Å². The molecule has 2 N–H and O–H groups in total. The predicted molar refractivity (Wildman–Crippen MR) is 147 cm³/mol. The summed E-state index contributed by atoms with van der Waals surface area (Å²) in [4.78, 5) is 23.1. The van der Waals surface area contributed by atoms with E-state index < -0.39 is 0 Å². The molecule has 7 nitrogen and oxygen atoms in total. The Bertz CT molecular complexity index is 1570. The number of benzene rings is 2. The molecule has 4 heterocycles. The molecule has 1 aliphatic rings. The number of likely N-dealkylation sites (tertiary alicyclic amines) is 1. The number of carbonyl (C=O) groups excluding carboxylic acids is 1. The number of piperidine rings is 1. The number of aromatic nitrogens is 4. The molecule has 9 heteroatoms. The average Bonchev–Trinajstić information content (AvgIpc) is 3.51. The van der Waals surface area contributed by atoms with E-state index in [2.05, 4.69) is 31.3 Å². The molecule has 5 aromatic rings. The molecule has 0 radical (unpaired) electrons. The molecule has 1 aliphatic heterocycles. The summed E-state index contributed by atoms with van der Waals surface area (Å²) in [5, 5.41) is 9.70. The first-order chi connectivity index (χ1) is 17.6. The van der Waals surface area contributed by atoms with Crippen LogP contribution in [0.4, 0.5) is 5.82 Å². The first-order valence-corrected chi connectivity index (χ1v) is 13.1. The van der Waals surface area contributed by atoms with Gasteiger partial charge in [0.1, 0.15) is 5.82 Å². The number of hydrogen-bond donors (Lipinski definition) is 2. The number of para-hydroxylation sites is 1. The van der Waals surface area contributed by atoms with Gasteiger partial charge in [0.15, 0.2) is 5.65 Å². The fourth-order valence-corrected chi connectivity index (χ4v) is 5.46. The van der Waals surface area contributed by atoms with Crippen LogP contribution < -0.4 is 5.32 Å². The summed E-state index contributed by atoms with van der Waals surface area (Å²) in [6.45, 7) is 2.27. The molecule has 0 aliphatic carbocycles. The van der Waals surface area contributed by atoms with Crippen molar-refractivity contribution < 1.29 is 4.79 Å². The summed E-state index contributed by atoms with van der Waals surface area (Å²) in [6, 6.07) is 17.6. The van der Waals surface area contributed by atoms with Gasteiger partial charge >= 0.3 is 0 Å². The van der Waals surface area contributed by atoms with Crippen molar-refractivity contribution in [3.05, 3.63) is 82.0 Å². The Morgan fingerprint density at radius 1 is 1.14 bits per heavy atom. The van der Waals surface area contributed by atoms with Gasteiger partial charge in [-0.1, -0.05) is 48.0 Å². The van der Waals surface area contributed by atoms with Crippen LogP contribution in [-0.4, -0.2) is 50.0 Å². The van der Waals surface area contributed by atoms with Crippen LogP contribution in [-0.2, 0) is 0 Å². The monoisotopic (exact) mass is 562 g/mol. The third-order valence-electron chi connectivity index (χ3n) is 6.87. The van der Waals surface area contributed by atoms with E-state index in [4.69, 9.17) is 16.6 Å². The van der Waals surface area contributed by atoms with Gasteiger partial charge in [0.25, 0.3) is 5.91 Å². The van der Waals surface area contributed by atoms with E-state index in [9.17, 15) is 4.79 Å². The summed E-state index contributed by atoms with van der Waals surface area (Å²) in [5.41, 5.74) is 4.13. The quantitative estimate of drug-likeness (QED) is 0.265. The number of halogens is 2. The van der Waals surface area contributed by atoms with Crippen LogP contribution in [0.25, 0.3) is 27.8 Å². The van der Waals surface area contributed by atoms with E-state index >= 15 is 0 Å². The van der Waals surface area contributed by atoms with Crippen LogP contribution in [0.5, 0.6) is 0 Å². The highest BCUT2D eigenvalue weighted by Gasteiger charge is 2.25. The number of amides is 1. The summed E-state index contributed by atoms with van der Waals surface area (Å²) in [7, 11) is 0. The number of aromatic amines is 1. The second-order valence-corrected chi connectivity index (χ2v) is 10.4. The summed E-state index contributed by atoms with van der Waals surface area (Å²) >= 11 is 10.0. The molecule has 1 fully saturated rings. The van der Waals surface area contributed by atoms with Gasteiger partial charge in [0.05, 0.1) is 21.9 Å². The Morgan fingerprint density at radius 2 is 1.92 bits per heavy atom. The van der Waals surface area contributed by atoms with Gasteiger partial charge in [-0.05, 0) is 46.8 Å². The summed E-state index contributed by atoms with van der Waals surface area (Å²) in [5.74, 6) is 1.40. The lowest BCUT2D eigenvalue weighted by molar-refractivity contribution is 0.0697. The molecule has 1 saturated heterocycles. The van der Waals surface area contributed by atoms with Crippen LogP contribution in [0.3, 0.4) is 0 Å². The Morgan fingerprint density at radius 3 is 2.75 bits per heavy atom. The topological polar surface area (TPSA) is 78.3 Å². The van der Waals surface area contributed by atoms with Gasteiger partial charge in [0, 0.05) is 53.4 Å². The maximum absolute atomic E-state index is 13.2. The number of rotatable bonds is 5. The van der Waals surface area contributed by atoms with Crippen molar-refractivity contribution in [2.75, 3.05) is 25.0 Å². The van der Waals surface area contributed by atoms with Crippen molar-refractivity contribution in [3.63, 3.8) is 0 Å². The van der Waals surface area contributed by atoms with Crippen molar-refractivity contribution in [2.45, 2.75) is 12.8 Å². The van der Waals surface area contributed by atoms with Crippen molar-refractivity contribution in [1.82, 2.24) is 24.5 Å². The number of fused-ring (bicyclic) bond motifs is 2. The molecule has 0 saturated carbocycles. The van der Waals surface area contributed by atoms with E-state index in [1.54, 1.807) is 10.7 Å². The van der Waals surface area contributed by atoms with Crippen LogP contribution in [0.1, 0.15) is 23.2 Å². The van der Waals surface area contributed by atoms with Gasteiger partial charge in [-0.25, -0.2) is 4.98 Å². The highest BCUT2D eigenvalue weighted by atomic mass is 79.9. The molecule has 2 aromatic carbocycles. The number of nitrogens with zero attached hydrogens (tertiary/aromatic N) is 4. The van der Waals surface area contributed by atoms with Gasteiger partial charge in [-0.2, -0.15) is 9.61 Å². The lowest BCUT2D eigenvalue weighted by atomic mass is 9.96. The van der Waals surface area contributed by atoms with Crippen molar-refractivity contribution in [3.8, 4) is 11.3 Å². The normalized spacial score (nSPS) is 14.6. The van der Waals surface area contributed by atoms with Crippen LogP contribution >= 0.6 is 27.5 Å². The minimum absolute atomic E-state index is 0.0977. The minimum Gasteiger partial charge on any atom is -0.370 e. The molecule has 0 atom stereocenters. The van der Waals surface area contributed by atoms with Crippen LogP contribution in [0, 0.1) is 5.92 Å². The van der Waals surface area contributed by atoms with E-state index in [-0.39, 0.29) is 5.91 Å². The highest BCUT2D eigenvalue weighted by molar-refractivity contribution is 9.10. The fourth-order valence-electron chi connectivity index (χ4n) is 4.88. The first kappa shape index (κ1) is 23.1. The smallest absolute Gasteiger partial charge is 0.256 e. The molecule has 36 heavy (non-hydrogen) atoms. The molecule has 0 spiro atoms. The average molecular weight is 564 g/mol. The lowest BCUT2D eigenvalue weighted by Gasteiger charge is -2.32. The largest absolute Gasteiger partial charge is 0.370 e. The molecular formula is C27H24BrClN6O. The Hall–Kier alpha value is -3.36. The number of hydrogen-bond acceptors (Lipinski definition) is 4. The molecule has 182 valence electrons. The standard InChI is InChI=1S/C27H24BrClN6O/c28-21-16-32-35-25(13-24(33-26(21)35)19-6-1-3-7-22(19)29)31-14-17-9-11-34(12-10-17)27(36)20-15-30-23-8-4-2-5-18(20)23/h1-8,13,15-17,30-31H,9-12,14H2. The molecule has 1 amide bonds. The second-order valence-electron chi connectivity index (χ2n) is 9.10. The number of anilines is 1. The third kappa shape index (κ3) is 4.24. The summed E-state index contributed by atoms with van der Waals surface area (Å²) in [6.07, 6.45) is 5.46. The molecule has 0 bridgehead atoms. The van der Waals surface area contributed by atoms with E-state index in [1.165, 1.54) is 0 Å². The second kappa shape index (κ2) is 9.59. The SMILES string of the molecule is O=C(c1c[nH]c2ccccc12)N1CCC(CNc2cc(-c3ccccc3Cl)nc3c(Br)cnn23)CC1. The Balaban J connectivity index is 1.15. The van der Waals surface area contributed by atoms with Gasteiger partial charge < -0.3 is 15.2 Å². The van der Waals surface area contributed by atoms with E-state index in [0.717, 1.165) is 76.1 Å². The van der Waals surface area contributed by atoms with Crippen molar-refractivity contribution in [1.29, 1.82) is 0 Å². The van der Waals surface area contributed by atoms with E-state index in [1.807, 2.05) is 65.7 Å².